The summed E-state index contributed by atoms with van der Waals surface area (Å²) in [5, 5.41) is 9.66. The van der Waals surface area contributed by atoms with E-state index in [4.69, 9.17) is 5.73 Å². The van der Waals surface area contributed by atoms with Crippen LogP contribution in [0.4, 0.5) is 0 Å². The smallest absolute Gasteiger partial charge is 0.223 e. The van der Waals surface area contributed by atoms with Crippen molar-refractivity contribution in [1.29, 1.82) is 0 Å². The Hall–Kier alpha value is -1.35. The van der Waals surface area contributed by atoms with E-state index in [9.17, 15) is 9.90 Å². The van der Waals surface area contributed by atoms with Gasteiger partial charge in [0, 0.05) is 0 Å². The van der Waals surface area contributed by atoms with Gasteiger partial charge in [-0.05, 0) is 5.56 Å². The molecule has 0 saturated carbocycles. The molecule has 0 aliphatic rings. The average Bonchev–Trinajstić information content (AvgIpc) is 2.17. The molecule has 2 atom stereocenters. The Morgan fingerprint density at radius 3 is 2.38 bits per heavy atom. The molecule has 0 radical (unpaired) electrons. The molecule has 0 aliphatic heterocycles. The maximum atomic E-state index is 10.8. The summed E-state index contributed by atoms with van der Waals surface area (Å²) in [7, 11) is 0. The predicted molar refractivity (Wildman–Crippen MR) is 49.8 cm³/mol. The van der Waals surface area contributed by atoms with Crippen LogP contribution in [0.3, 0.4) is 0 Å². The third kappa shape index (κ3) is 2.29. The van der Waals surface area contributed by atoms with Gasteiger partial charge in [0.05, 0.1) is 12.0 Å². The summed E-state index contributed by atoms with van der Waals surface area (Å²) in [6.45, 7) is 1.61. The van der Waals surface area contributed by atoms with Gasteiger partial charge in [0.2, 0.25) is 5.91 Å². The normalized spacial score (nSPS) is 14.9. The number of aliphatic hydroxyl groups is 1. The molecular formula is C10H13NO2. The lowest BCUT2D eigenvalue weighted by atomic mass is 9.97. The number of hydrogen-bond donors (Lipinski definition) is 2. The van der Waals surface area contributed by atoms with E-state index in [-0.39, 0.29) is 0 Å². The fraction of sp³-hybridized carbons (Fsp3) is 0.300. The van der Waals surface area contributed by atoms with Crippen LogP contribution in [0.25, 0.3) is 0 Å². The molecule has 70 valence electrons. The molecule has 0 spiro atoms. The summed E-state index contributed by atoms with van der Waals surface area (Å²) in [4.78, 5) is 10.8. The first-order chi connectivity index (χ1) is 6.13. The Kier molecular flexibility index (Phi) is 3.03. The zero-order chi connectivity index (χ0) is 9.84. The van der Waals surface area contributed by atoms with Crippen molar-refractivity contribution in [3.05, 3.63) is 35.9 Å². The quantitative estimate of drug-likeness (QED) is 0.722. The number of primary amides is 1. The van der Waals surface area contributed by atoms with Crippen LogP contribution in [0.2, 0.25) is 0 Å². The first-order valence-corrected chi connectivity index (χ1v) is 4.15. The third-order valence-electron chi connectivity index (χ3n) is 2.06. The lowest BCUT2D eigenvalue weighted by Gasteiger charge is -2.15. The molecule has 0 bridgehead atoms. The number of amides is 1. The van der Waals surface area contributed by atoms with Gasteiger partial charge < -0.3 is 10.8 Å². The van der Waals surface area contributed by atoms with Gasteiger partial charge in [-0.2, -0.15) is 0 Å². The van der Waals surface area contributed by atoms with Crippen molar-refractivity contribution in [3.63, 3.8) is 0 Å². The van der Waals surface area contributed by atoms with Crippen molar-refractivity contribution in [1.82, 2.24) is 0 Å². The number of nitrogens with two attached hydrogens (primary N) is 1. The maximum absolute atomic E-state index is 10.8. The minimum absolute atomic E-state index is 0.489. The molecule has 1 aromatic carbocycles. The Labute approximate surface area is 77.2 Å². The summed E-state index contributed by atoms with van der Waals surface area (Å²) in [6.07, 6.45) is -0.807. The fourth-order valence-corrected chi connectivity index (χ4v) is 1.09. The van der Waals surface area contributed by atoms with Crippen LogP contribution in [-0.2, 0) is 4.79 Å². The van der Waals surface area contributed by atoms with Crippen LogP contribution in [0.15, 0.2) is 30.3 Å². The lowest BCUT2D eigenvalue weighted by molar-refractivity contribution is -0.124. The lowest BCUT2D eigenvalue weighted by Crippen LogP contribution is -2.26. The van der Waals surface area contributed by atoms with Gasteiger partial charge in [-0.1, -0.05) is 37.3 Å². The molecule has 0 heterocycles. The van der Waals surface area contributed by atoms with Gasteiger partial charge in [-0.3, -0.25) is 4.79 Å². The molecule has 1 rings (SSSR count). The number of aliphatic hydroxyl groups excluding tert-OH is 1. The minimum Gasteiger partial charge on any atom is -0.388 e. The number of benzene rings is 1. The second-order valence-electron chi connectivity index (χ2n) is 3.05. The maximum Gasteiger partial charge on any atom is 0.223 e. The van der Waals surface area contributed by atoms with Crippen molar-refractivity contribution in [2.75, 3.05) is 0 Å². The van der Waals surface area contributed by atoms with E-state index in [1.54, 1.807) is 19.1 Å². The number of carbonyl (C=O) groups is 1. The highest BCUT2D eigenvalue weighted by Gasteiger charge is 2.20. The van der Waals surface area contributed by atoms with Gasteiger partial charge >= 0.3 is 0 Å². The van der Waals surface area contributed by atoms with Gasteiger partial charge in [0.25, 0.3) is 0 Å². The molecule has 1 amide bonds. The zero-order valence-electron chi connectivity index (χ0n) is 7.47. The molecular weight excluding hydrogens is 166 g/mol. The largest absolute Gasteiger partial charge is 0.388 e. The Bertz CT molecular complexity index is 284. The van der Waals surface area contributed by atoms with Crippen LogP contribution in [0.5, 0.6) is 0 Å². The summed E-state index contributed by atoms with van der Waals surface area (Å²) in [5.41, 5.74) is 5.79. The summed E-state index contributed by atoms with van der Waals surface area (Å²) >= 11 is 0. The van der Waals surface area contributed by atoms with Crippen molar-refractivity contribution in [2.45, 2.75) is 13.0 Å². The van der Waals surface area contributed by atoms with Gasteiger partial charge in [-0.25, -0.2) is 0 Å². The predicted octanol–water partition coefficient (Wildman–Crippen LogP) is 0.841. The van der Waals surface area contributed by atoms with Crippen LogP contribution < -0.4 is 5.73 Å². The molecule has 3 heteroatoms. The first-order valence-electron chi connectivity index (χ1n) is 4.15. The van der Waals surface area contributed by atoms with E-state index < -0.39 is 17.9 Å². The molecule has 13 heavy (non-hydrogen) atoms. The first kappa shape index (κ1) is 9.74. The molecule has 0 fully saturated rings. The van der Waals surface area contributed by atoms with E-state index in [2.05, 4.69) is 0 Å². The minimum atomic E-state index is -0.807. The second-order valence-corrected chi connectivity index (χ2v) is 3.05. The molecule has 1 aromatic rings. The molecule has 0 aromatic heterocycles. The van der Waals surface area contributed by atoms with Crippen LogP contribution in [-0.4, -0.2) is 11.0 Å². The van der Waals surface area contributed by atoms with Crippen molar-refractivity contribution in [2.24, 2.45) is 11.7 Å². The molecule has 0 aliphatic carbocycles. The Balaban J connectivity index is 2.79. The average molecular weight is 179 g/mol. The molecule has 0 unspecified atom stereocenters. The van der Waals surface area contributed by atoms with Crippen LogP contribution >= 0.6 is 0 Å². The Morgan fingerprint density at radius 2 is 1.92 bits per heavy atom. The monoisotopic (exact) mass is 179 g/mol. The Morgan fingerprint density at radius 1 is 1.38 bits per heavy atom. The summed E-state index contributed by atoms with van der Waals surface area (Å²) in [5.74, 6) is -1.04. The topological polar surface area (TPSA) is 63.3 Å². The van der Waals surface area contributed by atoms with E-state index in [0.717, 1.165) is 0 Å². The number of carbonyl (C=O) groups excluding carboxylic acids is 1. The van der Waals surface area contributed by atoms with Crippen molar-refractivity contribution < 1.29 is 9.90 Å². The van der Waals surface area contributed by atoms with E-state index in [0.29, 0.717) is 5.56 Å². The van der Waals surface area contributed by atoms with Crippen LogP contribution in [0.1, 0.15) is 18.6 Å². The van der Waals surface area contributed by atoms with Crippen LogP contribution in [0, 0.1) is 5.92 Å². The zero-order valence-corrected chi connectivity index (χ0v) is 7.47. The SMILES string of the molecule is C[C@H](C(N)=O)[C@@H](O)c1ccccc1. The van der Waals surface area contributed by atoms with Gasteiger partial charge in [-0.15, -0.1) is 0 Å². The van der Waals surface area contributed by atoms with Gasteiger partial charge in [0.15, 0.2) is 0 Å². The highest BCUT2D eigenvalue weighted by molar-refractivity contribution is 5.77. The molecule has 0 saturated heterocycles. The van der Waals surface area contributed by atoms with Crippen molar-refractivity contribution in [3.8, 4) is 0 Å². The van der Waals surface area contributed by atoms with E-state index in [1.807, 2.05) is 18.2 Å². The number of hydrogen-bond acceptors (Lipinski definition) is 2. The van der Waals surface area contributed by atoms with Crippen molar-refractivity contribution >= 4 is 5.91 Å². The molecule has 3 N–H and O–H groups in total. The fourth-order valence-electron chi connectivity index (χ4n) is 1.09. The summed E-state index contributed by atoms with van der Waals surface area (Å²) < 4.78 is 0. The summed E-state index contributed by atoms with van der Waals surface area (Å²) in [6, 6.07) is 9.01. The van der Waals surface area contributed by atoms with Gasteiger partial charge in [0.1, 0.15) is 0 Å². The van der Waals surface area contributed by atoms with E-state index >= 15 is 0 Å². The second kappa shape index (κ2) is 4.05. The third-order valence-corrected chi connectivity index (χ3v) is 2.06. The highest BCUT2D eigenvalue weighted by Crippen LogP contribution is 2.20. The number of rotatable bonds is 3. The standard InChI is InChI=1S/C10H13NO2/c1-7(10(11)13)9(12)8-5-3-2-4-6-8/h2-7,9,12H,1H3,(H2,11,13)/t7-,9+/m0/s1. The van der Waals surface area contributed by atoms with E-state index in [1.165, 1.54) is 0 Å². The highest BCUT2D eigenvalue weighted by atomic mass is 16.3. The molecule has 3 nitrogen and oxygen atoms in total.